The smallest absolute Gasteiger partial charge is 0.304 e. The van der Waals surface area contributed by atoms with Crippen LogP contribution in [-0.4, -0.2) is 82.4 Å². The van der Waals surface area contributed by atoms with Crippen molar-refractivity contribution in [1.82, 2.24) is 19.9 Å². The molecular formula is C22H34N4O5. The molecule has 1 aromatic rings. The SMILES string of the molecule is O=C(O)C[C@@H](CCCC1CCCCC1)c1nc(C(=O)N2CC(N3CCOCC3)C2)no1. The third-order valence-electron chi connectivity index (χ3n) is 7.00. The highest BCUT2D eigenvalue weighted by atomic mass is 16.5. The van der Waals surface area contributed by atoms with Gasteiger partial charge in [-0.25, -0.2) is 0 Å². The van der Waals surface area contributed by atoms with Crippen LogP contribution in [0, 0.1) is 5.92 Å². The Kier molecular flexibility index (Phi) is 7.55. The van der Waals surface area contributed by atoms with Gasteiger partial charge in [-0.05, 0) is 12.3 Å². The van der Waals surface area contributed by atoms with E-state index in [0.29, 0.717) is 25.6 Å². The average Bonchev–Trinajstić information content (AvgIpc) is 3.23. The minimum Gasteiger partial charge on any atom is -0.481 e. The van der Waals surface area contributed by atoms with Crippen LogP contribution in [0.25, 0.3) is 0 Å². The fourth-order valence-corrected chi connectivity index (χ4v) is 5.08. The number of carboxylic acids is 1. The summed E-state index contributed by atoms with van der Waals surface area (Å²) in [5.74, 6) is -0.393. The van der Waals surface area contributed by atoms with Crippen LogP contribution in [0.1, 0.15) is 80.2 Å². The highest BCUT2D eigenvalue weighted by Crippen LogP contribution is 2.31. The van der Waals surface area contributed by atoms with E-state index in [-0.39, 0.29) is 30.0 Å². The van der Waals surface area contributed by atoms with Crippen LogP contribution in [0.2, 0.25) is 0 Å². The predicted molar refractivity (Wildman–Crippen MR) is 112 cm³/mol. The number of carbonyl (C=O) groups is 2. The van der Waals surface area contributed by atoms with E-state index in [4.69, 9.17) is 9.26 Å². The van der Waals surface area contributed by atoms with Crippen molar-refractivity contribution in [2.24, 2.45) is 5.92 Å². The largest absolute Gasteiger partial charge is 0.481 e. The molecule has 31 heavy (non-hydrogen) atoms. The lowest BCUT2D eigenvalue weighted by molar-refractivity contribution is -0.137. The molecule has 3 heterocycles. The summed E-state index contributed by atoms with van der Waals surface area (Å²) in [6, 6.07) is 0.360. The summed E-state index contributed by atoms with van der Waals surface area (Å²) in [5.41, 5.74) is 0. The van der Waals surface area contributed by atoms with Crippen molar-refractivity contribution in [3.05, 3.63) is 11.7 Å². The van der Waals surface area contributed by atoms with Crippen molar-refractivity contribution in [2.45, 2.75) is 69.7 Å². The summed E-state index contributed by atoms with van der Waals surface area (Å²) >= 11 is 0. The number of aliphatic carboxylic acids is 1. The van der Waals surface area contributed by atoms with E-state index >= 15 is 0 Å². The number of ether oxygens (including phenoxy) is 1. The van der Waals surface area contributed by atoms with Gasteiger partial charge in [0.2, 0.25) is 5.89 Å². The second-order valence-electron chi connectivity index (χ2n) is 9.20. The lowest BCUT2D eigenvalue weighted by Crippen LogP contribution is -2.62. The molecule has 1 amide bonds. The number of likely N-dealkylation sites (tertiary alicyclic amines) is 1. The first kappa shape index (κ1) is 22.2. The molecule has 2 aliphatic heterocycles. The van der Waals surface area contributed by atoms with E-state index < -0.39 is 5.97 Å². The molecule has 172 valence electrons. The maximum atomic E-state index is 12.7. The highest BCUT2D eigenvalue weighted by molar-refractivity contribution is 5.91. The number of aromatic nitrogens is 2. The Bertz CT molecular complexity index is 736. The molecule has 3 aliphatic rings. The van der Waals surface area contributed by atoms with E-state index in [1.54, 1.807) is 4.90 Å². The summed E-state index contributed by atoms with van der Waals surface area (Å²) in [5, 5.41) is 13.2. The standard InChI is InChI=1S/C22H34N4O5/c27-19(28)13-17(8-4-7-16-5-2-1-3-6-16)21-23-20(24-31-21)22(29)26-14-18(15-26)25-9-11-30-12-10-25/h16-18H,1-15H2,(H,27,28)/t17-/m1/s1. The quantitative estimate of drug-likeness (QED) is 0.632. The molecule has 1 saturated carbocycles. The summed E-state index contributed by atoms with van der Waals surface area (Å²) in [4.78, 5) is 32.5. The molecule has 0 radical (unpaired) electrons. The van der Waals surface area contributed by atoms with Crippen LogP contribution >= 0.6 is 0 Å². The van der Waals surface area contributed by atoms with Gasteiger partial charge in [-0.1, -0.05) is 50.1 Å². The van der Waals surface area contributed by atoms with Gasteiger partial charge in [-0.3, -0.25) is 14.5 Å². The molecule has 0 spiro atoms. The molecule has 1 aromatic heterocycles. The van der Waals surface area contributed by atoms with Crippen molar-refractivity contribution in [3.63, 3.8) is 0 Å². The molecule has 9 nitrogen and oxygen atoms in total. The fraction of sp³-hybridized carbons (Fsp3) is 0.818. The van der Waals surface area contributed by atoms with E-state index in [9.17, 15) is 14.7 Å². The molecule has 1 aliphatic carbocycles. The number of hydrogen-bond donors (Lipinski definition) is 1. The second kappa shape index (κ2) is 10.5. The van der Waals surface area contributed by atoms with Gasteiger partial charge in [-0.15, -0.1) is 0 Å². The van der Waals surface area contributed by atoms with Crippen LogP contribution in [0.3, 0.4) is 0 Å². The fourth-order valence-electron chi connectivity index (χ4n) is 5.08. The van der Waals surface area contributed by atoms with Gasteiger partial charge in [0.1, 0.15) is 0 Å². The number of carboxylic acid groups (broad SMARTS) is 1. The normalized spacial score (nSPS) is 22.3. The van der Waals surface area contributed by atoms with Crippen LogP contribution in [0.5, 0.6) is 0 Å². The minimum atomic E-state index is -0.884. The van der Waals surface area contributed by atoms with Gasteiger partial charge in [-0.2, -0.15) is 4.98 Å². The number of rotatable bonds is 9. The summed E-state index contributed by atoms with van der Waals surface area (Å²) in [7, 11) is 0. The average molecular weight is 435 g/mol. The third-order valence-corrected chi connectivity index (χ3v) is 7.00. The molecule has 1 N–H and O–H groups in total. The topological polar surface area (TPSA) is 109 Å². The molecule has 1 atom stereocenters. The van der Waals surface area contributed by atoms with E-state index in [0.717, 1.165) is 45.1 Å². The lowest BCUT2D eigenvalue weighted by atomic mass is 9.84. The molecule has 4 rings (SSSR count). The lowest BCUT2D eigenvalue weighted by Gasteiger charge is -2.46. The van der Waals surface area contributed by atoms with Crippen LogP contribution in [0.4, 0.5) is 0 Å². The maximum Gasteiger partial charge on any atom is 0.304 e. The van der Waals surface area contributed by atoms with Crippen molar-refractivity contribution >= 4 is 11.9 Å². The van der Waals surface area contributed by atoms with E-state index in [1.807, 2.05) is 0 Å². The van der Waals surface area contributed by atoms with Crippen molar-refractivity contribution in [3.8, 4) is 0 Å². The first-order chi connectivity index (χ1) is 15.1. The monoisotopic (exact) mass is 434 g/mol. The summed E-state index contributed by atoms with van der Waals surface area (Å²) in [6.45, 7) is 4.59. The third kappa shape index (κ3) is 5.83. The van der Waals surface area contributed by atoms with Crippen molar-refractivity contribution in [2.75, 3.05) is 39.4 Å². The second-order valence-corrected chi connectivity index (χ2v) is 9.20. The highest BCUT2D eigenvalue weighted by Gasteiger charge is 2.37. The van der Waals surface area contributed by atoms with Gasteiger partial charge >= 0.3 is 5.97 Å². The number of nitrogens with zero attached hydrogens (tertiary/aromatic N) is 4. The molecule has 0 aromatic carbocycles. The number of hydrogen-bond acceptors (Lipinski definition) is 7. The zero-order valence-electron chi connectivity index (χ0n) is 18.2. The van der Waals surface area contributed by atoms with Gasteiger partial charge in [0.25, 0.3) is 11.7 Å². The van der Waals surface area contributed by atoms with Gasteiger partial charge < -0.3 is 19.3 Å². The van der Waals surface area contributed by atoms with Crippen LogP contribution in [-0.2, 0) is 9.53 Å². The first-order valence-electron chi connectivity index (χ1n) is 11.8. The van der Waals surface area contributed by atoms with Gasteiger partial charge in [0.05, 0.1) is 19.6 Å². The van der Waals surface area contributed by atoms with E-state index in [1.165, 1.54) is 32.1 Å². The molecule has 2 saturated heterocycles. The Morgan fingerprint density at radius 2 is 1.87 bits per heavy atom. The van der Waals surface area contributed by atoms with Crippen LogP contribution in [0.15, 0.2) is 4.52 Å². The van der Waals surface area contributed by atoms with Crippen LogP contribution < -0.4 is 0 Å². The first-order valence-corrected chi connectivity index (χ1v) is 11.8. The number of morpholine rings is 1. The Balaban J connectivity index is 1.29. The van der Waals surface area contributed by atoms with E-state index in [2.05, 4.69) is 15.0 Å². The zero-order chi connectivity index (χ0) is 21.6. The molecular weight excluding hydrogens is 400 g/mol. The Morgan fingerprint density at radius 1 is 1.13 bits per heavy atom. The molecule has 3 fully saturated rings. The zero-order valence-corrected chi connectivity index (χ0v) is 18.2. The van der Waals surface area contributed by atoms with Gasteiger partial charge in [0, 0.05) is 38.1 Å². The Morgan fingerprint density at radius 3 is 2.58 bits per heavy atom. The summed E-state index contributed by atoms with van der Waals surface area (Å²) < 4.78 is 10.7. The molecule has 0 bridgehead atoms. The maximum absolute atomic E-state index is 12.7. The minimum absolute atomic E-state index is 0.0399. The molecule has 0 unspecified atom stereocenters. The number of amides is 1. The predicted octanol–water partition coefficient (Wildman–Crippen LogP) is 2.54. The number of carbonyl (C=O) groups excluding carboxylic acids is 1. The Labute approximate surface area is 183 Å². The Hall–Kier alpha value is -2.00. The van der Waals surface area contributed by atoms with Crippen molar-refractivity contribution < 1.29 is 24.0 Å². The van der Waals surface area contributed by atoms with Crippen molar-refractivity contribution in [1.29, 1.82) is 0 Å². The summed E-state index contributed by atoms with van der Waals surface area (Å²) in [6.07, 6.45) is 9.22. The van der Waals surface area contributed by atoms with Gasteiger partial charge in [0.15, 0.2) is 0 Å². The molecule has 9 heteroatoms.